The number of benzene rings is 2. The molecule has 0 saturated carbocycles. The quantitative estimate of drug-likeness (QED) is 0.552. The molecule has 1 fully saturated rings. The molecule has 6 nitrogen and oxygen atoms in total. The zero-order chi connectivity index (χ0) is 21.1. The molecule has 0 bridgehead atoms. The number of aromatic nitrogens is 1. The number of hydrogen-bond acceptors (Lipinski definition) is 6. The molecule has 7 heteroatoms. The van der Waals surface area contributed by atoms with Crippen molar-refractivity contribution in [1.82, 2.24) is 9.88 Å². The van der Waals surface area contributed by atoms with Crippen LogP contribution in [0.4, 0.5) is 0 Å². The molecule has 1 atom stereocenters. The molecule has 156 valence electrons. The molecule has 1 aromatic heterocycles. The van der Waals surface area contributed by atoms with Gasteiger partial charge in [-0.3, -0.25) is 9.59 Å². The van der Waals surface area contributed by atoms with Crippen molar-refractivity contribution in [3.63, 3.8) is 0 Å². The molecule has 3 aromatic rings. The van der Waals surface area contributed by atoms with Crippen LogP contribution >= 0.6 is 11.3 Å². The molecule has 0 N–H and O–H groups in total. The van der Waals surface area contributed by atoms with Gasteiger partial charge in [0.1, 0.15) is 0 Å². The van der Waals surface area contributed by atoms with E-state index in [1.165, 1.54) is 18.7 Å². The minimum atomic E-state index is -0.0671. The van der Waals surface area contributed by atoms with Crippen LogP contribution in [0.5, 0.6) is 11.5 Å². The van der Waals surface area contributed by atoms with E-state index in [-0.39, 0.29) is 24.2 Å². The number of piperidine rings is 1. The molecule has 4 rings (SSSR count). The molecule has 1 saturated heterocycles. The summed E-state index contributed by atoms with van der Waals surface area (Å²) in [5, 5.41) is 1.09. The van der Waals surface area contributed by atoms with E-state index in [2.05, 4.69) is 6.07 Å². The van der Waals surface area contributed by atoms with Crippen molar-refractivity contribution in [1.29, 1.82) is 0 Å². The average molecular weight is 425 g/mol. The summed E-state index contributed by atoms with van der Waals surface area (Å²) in [5.74, 6) is 1.05. The average Bonchev–Trinajstić information content (AvgIpc) is 3.21. The second kappa shape index (κ2) is 8.83. The number of methoxy groups -OCH3 is 1. The highest BCUT2D eigenvalue weighted by Gasteiger charge is 2.27. The van der Waals surface area contributed by atoms with Gasteiger partial charge in [0, 0.05) is 24.6 Å². The number of fused-ring (bicyclic) bond motifs is 1. The Hall–Kier alpha value is -2.93. The van der Waals surface area contributed by atoms with Gasteiger partial charge < -0.3 is 14.4 Å². The van der Waals surface area contributed by atoms with Gasteiger partial charge in [-0.2, -0.15) is 0 Å². The van der Waals surface area contributed by atoms with Crippen molar-refractivity contribution in [2.75, 3.05) is 26.8 Å². The summed E-state index contributed by atoms with van der Waals surface area (Å²) in [4.78, 5) is 31.0. The fourth-order valence-corrected chi connectivity index (χ4v) is 4.80. The van der Waals surface area contributed by atoms with Crippen LogP contribution in [0, 0.1) is 0 Å². The summed E-state index contributed by atoms with van der Waals surface area (Å²) in [6.07, 6.45) is 1.98. The SMILES string of the molecule is COc1cc(C(C)=O)ccc1OCC(=O)N1CCC[C@H](c2nc3ccccc3s2)C1. The van der Waals surface area contributed by atoms with E-state index in [4.69, 9.17) is 14.5 Å². The number of Topliss-reactive ketones (excluding diaryl/α,β-unsaturated/α-hetero) is 1. The number of carbonyl (C=O) groups is 2. The number of nitrogens with zero attached hydrogens (tertiary/aromatic N) is 2. The third kappa shape index (κ3) is 4.31. The molecule has 0 unspecified atom stereocenters. The summed E-state index contributed by atoms with van der Waals surface area (Å²) >= 11 is 1.71. The maximum atomic E-state index is 12.8. The van der Waals surface area contributed by atoms with Crippen LogP contribution in [0.2, 0.25) is 0 Å². The fourth-order valence-electron chi connectivity index (χ4n) is 3.71. The van der Waals surface area contributed by atoms with E-state index < -0.39 is 0 Å². The monoisotopic (exact) mass is 424 g/mol. The van der Waals surface area contributed by atoms with Gasteiger partial charge in [0.25, 0.3) is 5.91 Å². The lowest BCUT2D eigenvalue weighted by atomic mass is 9.99. The lowest BCUT2D eigenvalue weighted by Crippen LogP contribution is -2.41. The zero-order valence-corrected chi connectivity index (χ0v) is 17.9. The Morgan fingerprint density at radius 2 is 2.03 bits per heavy atom. The number of hydrogen-bond donors (Lipinski definition) is 0. The first kappa shape index (κ1) is 20.3. The first-order chi connectivity index (χ1) is 14.5. The highest BCUT2D eigenvalue weighted by Crippen LogP contribution is 2.33. The second-order valence-corrected chi connectivity index (χ2v) is 8.47. The van der Waals surface area contributed by atoms with Gasteiger partial charge in [0.2, 0.25) is 0 Å². The van der Waals surface area contributed by atoms with Crippen LogP contribution in [0.3, 0.4) is 0 Å². The van der Waals surface area contributed by atoms with Crippen LogP contribution in [0.1, 0.15) is 41.0 Å². The number of ether oxygens (including phenoxy) is 2. The lowest BCUT2D eigenvalue weighted by molar-refractivity contribution is -0.134. The van der Waals surface area contributed by atoms with E-state index in [1.807, 2.05) is 23.1 Å². The molecule has 0 spiro atoms. The van der Waals surface area contributed by atoms with Gasteiger partial charge in [-0.25, -0.2) is 4.98 Å². The van der Waals surface area contributed by atoms with Crippen LogP contribution in [0.25, 0.3) is 10.2 Å². The minimum absolute atomic E-state index is 0.0508. The van der Waals surface area contributed by atoms with Crippen LogP contribution in [-0.2, 0) is 4.79 Å². The maximum Gasteiger partial charge on any atom is 0.260 e. The molecule has 2 heterocycles. The van der Waals surface area contributed by atoms with Crippen molar-refractivity contribution >= 4 is 33.2 Å². The van der Waals surface area contributed by atoms with Crippen LogP contribution in [0.15, 0.2) is 42.5 Å². The molecule has 1 aliphatic rings. The fraction of sp³-hybridized carbons (Fsp3) is 0.348. The van der Waals surface area contributed by atoms with E-state index in [1.54, 1.807) is 29.5 Å². The van der Waals surface area contributed by atoms with Crippen LogP contribution in [-0.4, -0.2) is 48.4 Å². The van der Waals surface area contributed by atoms with Crippen molar-refractivity contribution in [3.05, 3.63) is 53.0 Å². The number of para-hydroxylation sites is 1. The number of rotatable bonds is 6. The summed E-state index contributed by atoms with van der Waals surface area (Å²) in [6, 6.07) is 13.1. The standard InChI is InChI=1S/C23H24N2O4S/c1-15(26)16-9-10-19(20(12-16)28-2)29-14-22(27)25-11-5-6-17(13-25)23-24-18-7-3-4-8-21(18)30-23/h3-4,7-10,12,17H,5-6,11,13-14H2,1-2H3/t17-/m0/s1. The first-order valence-electron chi connectivity index (χ1n) is 10.00. The summed E-state index contributed by atoms with van der Waals surface area (Å²) in [7, 11) is 1.52. The predicted molar refractivity (Wildman–Crippen MR) is 117 cm³/mol. The summed E-state index contributed by atoms with van der Waals surface area (Å²) in [5.41, 5.74) is 1.56. The van der Waals surface area contributed by atoms with E-state index in [9.17, 15) is 9.59 Å². The number of carbonyl (C=O) groups excluding carboxylic acids is 2. The number of amides is 1. The van der Waals surface area contributed by atoms with Crippen molar-refractivity contribution < 1.29 is 19.1 Å². The lowest BCUT2D eigenvalue weighted by Gasteiger charge is -2.31. The third-order valence-corrected chi connectivity index (χ3v) is 6.55. The second-order valence-electron chi connectivity index (χ2n) is 7.41. The predicted octanol–water partition coefficient (Wildman–Crippen LogP) is 4.29. The Balaban J connectivity index is 1.40. The Bertz CT molecular complexity index is 1050. The van der Waals surface area contributed by atoms with Gasteiger partial charge in [0.05, 0.1) is 22.3 Å². The third-order valence-electron chi connectivity index (χ3n) is 5.36. The Morgan fingerprint density at radius 3 is 2.80 bits per heavy atom. The highest BCUT2D eigenvalue weighted by molar-refractivity contribution is 7.18. The van der Waals surface area contributed by atoms with Gasteiger partial charge in [-0.05, 0) is 50.1 Å². The van der Waals surface area contributed by atoms with Gasteiger partial charge in [-0.1, -0.05) is 12.1 Å². The number of likely N-dealkylation sites (tertiary alicyclic amines) is 1. The molecular formula is C23H24N2O4S. The van der Waals surface area contributed by atoms with Crippen molar-refractivity contribution in [3.8, 4) is 11.5 Å². The smallest absolute Gasteiger partial charge is 0.260 e. The summed E-state index contributed by atoms with van der Waals surface area (Å²) < 4.78 is 12.2. The van der Waals surface area contributed by atoms with E-state index >= 15 is 0 Å². The largest absolute Gasteiger partial charge is 0.493 e. The molecule has 2 aromatic carbocycles. The molecule has 0 aliphatic carbocycles. The zero-order valence-electron chi connectivity index (χ0n) is 17.1. The molecule has 0 radical (unpaired) electrons. The molecule has 1 amide bonds. The molecule has 1 aliphatic heterocycles. The number of ketones is 1. The summed E-state index contributed by atoms with van der Waals surface area (Å²) in [6.45, 7) is 2.81. The van der Waals surface area contributed by atoms with Crippen molar-refractivity contribution in [2.24, 2.45) is 0 Å². The highest BCUT2D eigenvalue weighted by atomic mass is 32.1. The van der Waals surface area contributed by atoms with Gasteiger partial charge >= 0.3 is 0 Å². The Labute approximate surface area is 179 Å². The van der Waals surface area contributed by atoms with Crippen LogP contribution < -0.4 is 9.47 Å². The maximum absolute atomic E-state index is 12.8. The van der Waals surface area contributed by atoms with Gasteiger partial charge in [0.15, 0.2) is 23.9 Å². The van der Waals surface area contributed by atoms with E-state index in [0.717, 1.165) is 29.9 Å². The normalized spacial score (nSPS) is 16.5. The van der Waals surface area contributed by atoms with Gasteiger partial charge in [-0.15, -0.1) is 11.3 Å². The minimum Gasteiger partial charge on any atom is -0.493 e. The Kier molecular flexibility index (Phi) is 5.99. The molecule has 30 heavy (non-hydrogen) atoms. The number of thiazole rings is 1. The van der Waals surface area contributed by atoms with Crippen molar-refractivity contribution in [2.45, 2.75) is 25.7 Å². The topological polar surface area (TPSA) is 68.7 Å². The van der Waals surface area contributed by atoms with E-state index in [0.29, 0.717) is 23.6 Å². The first-order valence-corrected chi connectivity index (χ1v) is 10.8. The Morgan fingerprint density at radius 1 is 1.20 bits per heavy atom. The molecular weight excluding hydrogens is 400 g/mol.